The van der Waals surface area contributed by atoms with E-state index in [0.717, 1.165) is 38.5 Å². The number of benzene rings is 1. The van der Waals surface area contributed by atoms with Crippen LogP contribution in [0.4, 0.5) is 4.79 Å². The molecular formula is C14H22N4O2. The number of hydrogen-bond acceptors (Lipinski definition) is 4. The molecule has 1 aromatic rings. The number of nitrogens with two attached hydrogens (primary N) is 1. The molecule has 2 amide bonds. The van der Waals surface area contributed by atoms with E-state index >= 15 is 0 Å². The highest BCUT2D eigenvalue weighted by atomic mass is 16.5. The second kappa shape index (κ2) is 7.72. The third-order valence-electron chi connectivity index (χ3n) is 3.31. The van der Waals surface area contributed by atoms with Crippen LogP contribution in [0.15, 0.2) is 30.3 Å². The summed E-state index contributed by atoms with van der Waals surface area (Å²) in [4.78, 5) is 16.0. The summed E-state index contributed by atoms with van der Waals surface area (Å²) in [5.41, 5.74) is 5.52. The Bertz CT molecular complexity index is 405. The van der Waals surface area contributed by atoms with Gasteiger partial charge in [0.1, 0.15) is 5.75 Å². The molecule has 2 rings (SSSR count). The Morgan fingerprint density at radius 2 is 1.90 bits per heavy atom. The SMILES string of the molecule is NCCN1CCN(C(=O)NCOc2ccccc2)CC1. The maximum absolute atomic E-state index is 11.9. The molecule has 1 aliphatic heterocycles. The Kier molecular flexibility index (Phi) is 5.64. The summed E-state index contributed by atoms with van der Waals surface area (Å²) in [6, 6.07) is 9.36. The number of hydrogen-bond donors (Lipinski definition) is 2. The smallest absolute Gasteiger partial charge is 0.320 e. The number of carbonyl (C=O) groups is 1. The topological polar surface area (TPSA) is 70.8 Å². The minimum absolute atomic E-state index is 0.0756. The van der Waals surface area contributed by atoms with Gasteiger partial charge in [-0.1, -0.05) is 18.2 Å². The van der Waals surface area contributed by atoms with Gasteiger partial charge in [-0.2, -0.15) is 0 Å². The van der Waals surface area contributed by atoms with Crippen LogP contribution in [0.5, 0.6) is 5.75 Å². The van der Waals surface area contributed by atoms with E-state index in [2.05, 4.69) is 10.2 Å². The minimum Gasteiger partial charge on any atom is -0.473 e. The minimum atomic E-state index is -0.0756. The van der Waals surface area contributed by atoms with Crippen LogP contribution in [0, 0.1) is 0 Å². The van der Waals surface area contributed by atoms with Crippen LogP contribution >= 0.6 is 0 Å². The maximum atomic E-state index is 11.9. The average molecular weight is 278 g/mol. The largest absolute Gasteiger partial charge is 0.473 e. The zero-order valence-electron chi connectivity index (χ0n) is 11.6. The molecule has 1 heterocycles. The molecule has 0 aromatic heterocycles. The number of piperazine rings is 1. The van der Waals surface area contributed by atoms with Gasteiger partial charge in [-0.05, 0) is 12.1 Å². The lowest BCUT2D eigenvalue weighted by molar-refractivity contribution is 0.135. The standard InChI is InChI=1S/C14H22N4O2/c15-6-7-17-8-10-18(11-9-17)14(19)16-12-20-13-4-2-1-3-5-13/h1-5H,6-12,15H2,(H,16,19). The number of carbonyl (C=O) groups excluding carboxylic acids is 1. The van der Waals surface area contributed by atoms with Gasteiger partial charge in [0, 0.05) is 39.3 Å². The van der Waals surface area contributed by atoms with Crippen molar-refractivity contribution in [2.75, 3.05) is 46.0 Å². The molecule has 0 spiro atoms. The molecule has 1 saturated heterocycles. The van der Waals surface area contributed by atoms with Gasteiger partial charge in [0.15, 0.2) is 6.73 Å². The van der Waals surface area contributed by atoms with Gasteiger partial charge in [-0.15, -0.1) is 0 Å². The summed E-state index contributed by atoms with van der Waals surface area (Å²) in [6.45, 7) is 4.97. The molecule has 1 aromatic carbocycles. The van der Waals surface area contributed by atoms with Gasteiger partial charge in [0.2, 0.25) is 0 Å². The molecule has 1 aliphatic rings. The zero-order chi connectivity index (χ0) is 14.2. The van der Waals surface area contributed by atoms with Crippen molar-refractivity contribution in [1.29, 1.82) is 0 Å². The Morgan fingerprint density at radius 1 is 1.20 bits per heavy atom. The van der Waals surface area contributed by atoms with Crippen molar-refractivity contribution in [1.82, 2.24) is 15.1 Å². The molecular weight excluding hydrogens is 256 g/mol. The van der Waals surface area contributed by atoms with E-state index in [0.29, 0.717) is 6.54 Å². The van der Waals surface area contributed by atoms with Crippen LogP contribution in [0.25, 0.3) is 0 Å². The van der Waals surface area contributed by atoms with E-state index in [9.17, 15) is 4.79 Å². The molecule has 1 fully saturated rings. The number of rotatable bonds is 5. The average Bonchev–Trinajstić information content (AvgIpc) is 2.49. The quantitative estimate of drug-likeness (QED) is 0.760. The van der Waals surface area contributed by atoms with Crippen molar-refractivity contribution in [2.45, 2.75) is 0 Å². The van der Waals surface area contributed by atoms with Gasteiger partial charge in [0.05, 0.1) is 0 Å². The first-order chi connectivity index (χ1) is 9.79. The van der Waals surface area contributed by atoms with Gasteiger partial charge in [0.25, 0.3) is 0 Å². The summed E-state index contributed by atoms with van der Waals surface area (Å²) in [6.07, 6.45) is 0. The number of urea groups is 1. The molecule has 6 nitrogen and oxygen atoms in total. The molecule has 0 bridgehead atoms. The Hall–Kier alpha value is -1.79. The number of amides is 2. The van der Waals surface area contributed by atoms with Crippen molar-refractivity contribution >= 4 is 6.03 Å². The fourth-order valence-corrected chi connectivity index (χ4v) is 2.17. The first-order valence-electron chi connectivity index (χ1n) is 6.92. The molecule has 0 unspecified atom stereocenters. The van der Waals surface area contributed by atoms with Crippen LogP contribution in [-0.4, -0.2) is 61.8 Å². The van der Waals surface area contributed by atoms with Crippen molar-refractivity contribution in [3.63, 3.8) is 0 Å². The molecule has 0 radical (unpaired) electrons. The van der Waals surface area contributed by atoms with Gasteiger partial charge >= 0.3 is 6.03 Å². The Balaban J connectivity index is 1.66. The lowest BCUT2D eigenvalue weighted by Gasteiger charge is -2.34. The molecule has 0 aliphatic carbocycles. The number of nitrogens with one attached hydrogen (secondary N) is 1. The number of para-hydroxylation sites is 1. The van der Waals surface area contributed by atoms with E-state index in [1.165, 1.54) is 0 Å². The van der Waals surface area contributed by atoms with Crippen molar-refractivity contribution in [3.05, 3.63) is 30.3 Å². The Morgan fingerprint density at radius 3 is 2.55 bits per heavy atom. The van der Waals surface area contributed by atoms with Crippen LogP contribution in [0.2, 0.25) is 0 Å². The summed E-state index contributed by atoms with van der Waals surface area (Å²) in [5, 5.41) is 2.77. The lowest BCUT2D eigenvalue weighted by Crippen LogP contribution is -2.52. The molecule has 20 heavy (non-hydrogen) atoms. The van der Waals surface area contributed by atoms with E-state index in [1.54, 1.807) is 4.90 Å². The summed E-state index contributed by atoms with van der Waals surface area (Å²) < 4.78 is 5.44. The lowest BCUT2D eigenvalue weighted by atomic mass is 10.3. The summed E-state index contributed by atoms with van der Waals surface area (Å²) in [5.74, 6) is 0.751. The fourth-order valence-electron chi connectivity index (χ4n) is 2.17. The fraction of sp³-hybridized carbons (Fsp3) is 0.500. The van der Waals surface area contributed by atoms with Crippen LogP contribution in [-0.2, 0) is 0 Å². The van der Waals surface area contributed by atoms with E-state index < -0.39 is 0 Å². The number of nitrogens with zero attached hydrogens (tertiary/aromatic N) is 2. The van der Waals surface area contributed by atoms with Crippen molar-refractivity contribution in [3.8, 4) is 5.75 Å². The van der Waals surface area contributed by atoms with Gasteiger partial charge < -0.3 is 20.7 Å². The summed E-state index contributed by atoms with van der Waals surface area (Å²) in [7, 11) is 0. The molecule has 110 valence electrons. The van der Waals surface area contributed by atoms with Crippen LogP contribution in [0.1, 0.15) is 0 Å². The van der Waals surface area contributed by atoms with Crippen molar-refractivity contribution < 1.29 is 9.53 Å². The van der Waals surface area contributed by atoms with E-state index in [4.69, 9.17) is 10.5 Å². The zero-order valence-corrected chi connectivity index (χ0v) is 11.6. The maximum Gasteiger partial charge on any atom is 0.320 e. The molecule has 0 saturated carbocycles. The normalized spacial score (nSPS) is 15.9. The third kappa shape index (κ3) is 4.40. The predicted molar refractivity (Wildman–Crippen MR) is 77.5 cm³/mol. The second-order valence-electron chi connectivity index (χ2n) is 4.70. The Labute approximate surface area is 119 Å². The molecule has 0 atom stereocenters. The second-order valence-corrected chi connectivity index (χ2v) is 4.70. The van der Waals surface area contributed by atoms with Crippen LogP contribution < -0.4 is 15.8 Å². The highest BCUT2D eigenvalue weighted by molar-refractivity contribution is 5.74. The van der Waals surface area contributed by atoms with E-state index in [1.807, 2.05) is 30.3 Å². The number of ether oxygens (including phenoxy) is 1. The summed E-state index contributed by atoms with van der Waals surface area (Å²) >= 11 is 0. The monoisotopic (exact) mass is 278 g/mol. The first kappa shape index (κ1) is 14.6. The highest BCUT2D eigenvalue weighted by Gasteiger charge is 2.20. The van der Waals surface area contributed by atoms with E-state index in [-0.39, 0.29) is 12.8 Å². The van der Waals surface area contributed by atoms with Gasteiger partial charge in [-0.3, -0.25) is 4.90 Å². The molecule has 6 heteroatoms. The molecule has 3 N–H and O–H groups in total. The first-order valence-corrected chi connectivity index (χ1v) is 6.92. The van der Waals surface area contributed by atoms with Gasteiger partial charge in [-0.25, -0.2) is 4.79 Å². The highest BCUT2D eigenvalue weighted by Crippen LogP contribution is 2.07. The third-order valence-corrected chi connectivity index (χ3v) is 3.31. The van der Waals surface area contributed by atoms with Crippen molar-refractivity contribution in [2.24, 2.45) is 5.73 Å². The predicted octanol–water partition coefficient (Wildman–Crippen LogP) is 0.309. The van der Waals surface area contributed by atoms with Crippen LogP contribution in [0.3, 0.4) is 0 Å².